The molecule has 2 heterocycles. The number of hydrogen-bond acceptors (Lipinski definition) is 6. The molecule has 1 atom stereocenters. The second-order valence-electron chi connectivity index (χ2n) is 6.93. The number of aryl methyl sites for hydroxylation is 1. The second kappa shape index (κ2) is 8.52. The van der Waals surface area contributed by atoms with Crippen molar-refractivity contribution in [3.63, 3.8) is 0 Å². The predicted molar refractivity (Wildman–Crippen MR) is 105 cm³/mol. The van der Waals surface area contributed by atoms with Crippen LogP contribution >= 0.6 is 0 Å². The van der Waals surface area contributed by atoms with E-state index in [1.165, 1.54) is 12.1 Å². The van der Waals surface area contributed by atoms with Gasteiger partial charge in [0.1, 0.15) is 17.4 Å². The Morgan fingerprint density at radius 3 is 2.86 bits per heavy atom. The third kappa shape index (κ3) is 4.22. The van der Waals surface area contributed by atoms with Crippen LogP contribution in [0, 0.1) is 19.7 Å². The first-order valence-corrected chi connectivity index (χ1v) is 9.31. The molecule has 8 heteroatoms. The van der Waals surface area contributed by atoms with Gasteiger partial charge in [0.2, 0.25) is 5.82 Å². The van der Waals surface area contributed by atoms with Crippen molar-refractivity contribution >= 4 is 11.7 Å². The molecule has 1 amide bonds. The number of amides is 1. The quantitative estimate of drug-likeness (QED) is 0.789. The molecule has 0 aliphatic carbocycles. The van der Waals surface area contributed by atoms with Gasteiger partial charge in [-0.1, -0.05) is 0 Å². The normalized spacial score (nSPS) is 16.3. The van der Waals surface area contributed by atoms with Gasteiger partial charge in [-0.25, -0.2) is 14.4 Å². The van der Waals surface area contributed by atoms with Gasteiger partial charge in [0, 0.05) is 49.5 Å². The molecule has 2 aromatic rings. The molecule has 1 fully saturated rings. The highest BCUT2D eigenvalue weighted by Crippen LogP contribution is 2.25. The first-order chi connectivity index (χ1) is 13.4. The molecule has 2 N–H and O–H groups in total. The topological polar surface area (TPSA) is 79.4 Å². The van der Waals surface area contributed by atoms with E-state index in [0.29, 0.717) is 12.3 Å². The average molecular weight is 387 g/mol. The molecule has 0 bridgehead atoms. The molecular weight excluding hydrogens is 361 g/mol. The minimum Gasteiger partial charge on any atom is -0.496 e. The first-order valence-electron chi connectivity index (χ1n) is 9.31. The molecule has 1 aromatic carbocycles. The Hall–Kier alpha value is -2.74. The Kier molecular flexibility index (Phi) is 6.08. The Morgan fingerprint density at radius 2 is 2.14 bits per heavy atom. The number of aromatic nitrogens is 2. The zero-order valence-electron chi connectivity index (χ0n) is 16.7. The summed E-state index contributed by atoms with van der Waals surface area (Å²) in [4.78, 5) is 22.9. The van der Waals surface area contributed by atoms with Crippen molar-refractivity contribution in [2.45, 2.75) is 32.9 Å². The summed E-state index contributed by atoms with van der Waals surface area (Å²) in [6.45, 7) is 5.95. The first kappa shape index (κ1) is 20.0. The van der Waals surface area contributed by atoms with Gasteiger partial charge in [0.15, 0.2) is 0 Å². The maximum atomic E-state index is 13.5. The van der Waals surface area contributed by atoms with Gasteiger partial charge in [-0.2, -0.15) is 0 Å². The number of ether oxygens (including phenoxy) is 1. The van der Waals surface area contributed by atoms with E-state index in [4.69, 9.17) is 4.74 Å². The van der Waals surface area contributed by atoms with E-state index < -0.39 is 0 Å². The second-order valence-corrected chi connectivity index (χ2v) is 6.93. The van der Waals surface area contributed by atoms with E-state index >= 15 is 0 Å². The SMILES string of the molecule is CNC(=O)c1nc(C)c(C)c(N2CC[C@@H](NCc3cc(F)ccc3OC)C2)n1. The van der Waals surface area contributed by atoms with Crippen LogP contribution in [0.5, 0.6) is 5.75 Å². The van der Waals surface area contributed by atoms with E-state index in [0.717, 1.165) is 42.1 Å². The van der Waals surface area contributed by atoms with Crippen molar-refractivity contribution in [2.24, 2.45) is 0 Å². The number of nitrogens with zero attached hydrogens (tertiary/aromatic N) is 3. The van der Waals surface area contributed by atoms with Crippen LogP contribution in [0.4, 0.5) is 10.2 Å². The maximum absolute atomic E-state index is 13.5. The molecule has 0 radical (unpaired) electrons. The van der Waals surface area contributed by atoms with Gasteiger partial charge in [0.25, 0.3) is 5.91 Å². The van der Waals surface area contributed by atoms with Gasteiger partial charge < -0.3 is 20.3 Å². The Morgan fingerprint density at radius 1 is 1.36 bits per heavy atom. The monoisotopic (exact) mass is 387 g/mol. The van der Waals surface area contributed by atoms with E-state index in [2.05, 4.69) is 25.5 Å². The maximum Gasteiger partial charge on any atom is 0.288 e. The molecule has 3 rings (SSSR count). The summed E-state index contributed by atoms with van der Waals surface area (Å²) < 4.78 is 18.9. The van der Waals surface area contributed by atoms with Gasteiger partial charge in [-0.05, 0) is 38.5 Å². The van der Waals surface area contributed by atoms with Crippen LogP contribution in [0.3, 0.4) is 0 Å². The fourth-order valence-electron chi connectivity index (χ4n) is 3.39. The van der Waals surface area contributed by atoms with Crippen LogP contribution in [0.25, 0.3) is 0 Å². The molecule has 1 aromatic heterocycles. The predicted octanol–water partition coefficient (Wildman–Crippen LogP) is 1.97. The molecule has 7 nitrogen and oxygen atoms in total. The molecule has 0 spiro atoms. The minimum atomic E-state index is -0.295. The molecule has 0 unspecified atom stereocenters. The van der Waals surface area contributed by atoms with Gasteiger partial charge in [-0.3, -0.25) is 4.79 Å². The van der Waals surface area contributed by atoms with Crippen molar-refractivity contribution in [3.8, 4) is 5.75 Å². The van der Waals surface area contributed by atoms with Crippen LogP contribution in [-0.2, 0) is 6.54 Å². The van der Waals surface area contributed by atoms with Crippen LogP contribution in [-0.4, -0.2) is 49.2 Å². The lowest BCUT2D eigenvalue weighted by atomic mass is 10.1. The highest BCUT2D eigenvalue weighted by atomic mass is 19.1. The number of benzene rings is 1. The fraction of sp³-hybridized carbons (Fsp3) is 0.450. The Balaban J connectivity index is 1.70. The van der Waals surface area contributed by atoms with Crippen LogP contribution in [0.2, 0.25) is 0 Å². The number of hydrogen-bond donors (Lipinski definition) is 2. The molecule has 1 saturated heterocycles. The summed E-state index contributed by atoms with van der Waals surface area (Å²) in [6, 6.07) is 4.75. The van der Waals surface area contributed by atoms with E-state index in [-0.39, 0.29) is 23.6 Å². The van der Waals surface area contributed by atoms with Crippen LogP contribution < -0.4 is 20.3 Å². The summed E-state index contributed by atoms with van der Waals surface area (Å²) in [5, 5.41) is 6.04. The summed E-state index contributed by atoms with van der Waals surface area (Å²) in [5.41, 5.74) is 2.56. The number of nitrogens with one attached hydrogen (secondary N) is 2. The molecule has 150 valence electrons. The third-order valence-electron chi connectivity index (χ3n) is 5.11. The van der Waals surface area contributed by atoms with Crippen molar-refractivity contribution in [1.29, 1.82) is 0 Å². The fourth-order valence-corrected chi connectivity index (χ4v) is 3.39. The molecular formula is C20H26FN5O2. The summed E-state index contributed by atoms with van der Waals surface area (Å²) >= 11 is 0. The van der Waals surface area contributed by atoms with Gasteiger partial charge in [0.05, 0.1) is 7.11 Å². The standard InChI is InChI=1S/C20H26FN5O2/c1-12-13(2)24-18(20(27)22-3)25-19(12)26-8-7-16(11-26)23-10-14-9-15(21)5-6-17(14)28-4/h5-6,9,16,23H,7-8,10-11H2,1-4H3,(H,22,27)/t16-/m1/s1. The smallest absolute Gasteiger partial charge is 0.288 e. The van der Waals surface area contributed by atoms with Crippen LogP contribution in [0.1, 0.15) is 33.9 Å². The zero-order valence-corrected chi connectivity index (χ0v) is 16.7. The average Bonchev–Trinajstić information content (AvgIpc) is 3.16. The number of methoxy groups -OCH3 is 1. The number of halogens is 1. The molecule has 1 aliphatic heterocycles. The summed E-state index contributed by atoms with van der Waals surface area (Å²) in [5.74, 6) is 1.07. The summed E-state index contributed by atoms with van der Waals surface area (Å²) in [6.07, 6.45) is 0.926. The molecule has 1 aliphatic rings. The highest BCUT2D eigenvalue weighted by molar-refractivity contribution is 5.90. The van der Waals surface area contributed by atoms with E-state index in [9.17, 15) is 9.18 Å². The number of carbonyl (C=O) groups is 1. The van der Waals surface area contributed by atoms with Crippen molar-refractivity contribution in [3.05, 3.63) is 46.7 Å². The molecule has 0 saturated carbocycles. The lowest BCUT2D eigenvalue weighted by Crippen LogP contribution is -2.33. The lowest BCUT2D eigenvalue weighted by molar-refractivity contribution is 0.0952. The van der Waals surface area contributed by atoms with Crippen molar-refractivity contribution in [1.82, 2.24) is 20.6 Å². The number of rotatable bonds is 6. The minimum absolute atomic E-state index is 0.182. The Bertz CT molecular complexity index is 874. The molecule has 28 heavy (non-hydrogen) atoms. The number of carbonyl (C=O) groups excluding carboxylic acids is 1. The van der Waals surface area contributed by atoms with E-state index in [1.807, 2.05) is 13.8 Å². The van der Waals surface area contributed by atoms with Crippen molar-refractivity contribution < 1.29 is 13.9 Å². The van der Waals surface area contributed by atoms with Crippen LogP contribution in [0.15, 0.2) is 18.2 Å². The van der Waals surface area contributed by atoms with Crippen molar-refractivity contribution in [2.75, 3.05) is 32.1 Å². The summed E-state index contributed by atoms with van der Waals surface area (Å²) in [7, 11) is 3.15. The third-order valence-corrected chi connectivity index (χ3v) is 5.11. The lowest BCUT2D eigenvalue weighted by Gasteiger charge is -2.21. The van der Waals surface area contributed by atoms with Gasteiger partial charge >= 0.3 is 0 Å². The highest BCUT2D eigenvalue weighted by Gasteiger charge is 2.26. The zero-order chi connectivity index (χ0) is 20.3. The Labute approximate surface area is 164 Å². The van der Waals surface area contributed by atoms with Gasteiger partial charge in [-0.15, -0.1) is 0 Å². The van der Waals surface area contributed by atoms with E-state index in [1.54, 1.807) is 20.2 Å². The number of anilines is 1. The largest absolute Gasteiger partial charge is 0.496 e.